The van der Waals surface area contributed by atoms with Gasteiger partial charge in [0.1, 0.15) is 6.04 Å². The summed E-state index contributed by atoms with van der Waals surface area (Å²) >= 11 is 0. The van der Waals surface area contributed by atoms with Crippen LogP contribution in [0.15, 0.2) is 23.2 Å². The molecule has 0 fully saturated rings. The van der Waals surface area contributed by atoms with E-state index in [0.717, 1.165) is 5.56 Å². The van der Waals surface area contributed by atoms with Crippen molar-refractivity contribution in [2.45, 2.75) is 25.8 Å². The fourth-order valence-electron chi connectivity index (χ4n) is 1.90. The average molecular weight is 246 g/mol. The molecule has 1 aliphatic heterocycles. The molecule has 0 aliphatic carbocycles. The summed E-state index contributed by atoms with van der Waals surface area (Å²) < 4.78 is 0. The number of hydrogen-bond donors (Lipinski definition) is 2. The SMILES string of the molecule is CC[C@H](NC(=O)c1cccc2c1N=CC2)C(=O)O. The van der Waals surface area contributed by atoms with Crippen LogP contribution in [-0.2, 0) is 11.2 Å². The van der Waals surface area contributed by atoms with E-state index in [4.69, 9.17) is 5.11 Å². The highest BCUT2D eigenvalue weighted by Crippen LogP contribution is 2.28. The summed E-state index contributed by atoms with van der Waals surface area (Å²) in [6, 6.07) is 4.49. The fourth-order valence-corrected chi connectivity index (χ4v) is 1.90. The Morgan fingerprint density at radius 2 is 2.28 bits per heavy atom. The van der Waals surface area contributed by atoms with Crippen molar-refractivity contribution < 1.29 is 14.7 Å². The van der Waals surface area contributed by atoms with Crippen molar-refractivity contribution in [1.82, 2.24) is 5.32 Å². The quantitative estimate of drug-likeness (QED) is 0.845. The summed E-state index contributed by atoms with van der Waals surface area (Å²) in [7, 11) is 0. The molecular formula is C13H14N2O3. The second-order valence-electron chi connectivity index (χ2n) is 4.10. The van der Waals surface area contributed by atoms with Crippen molar-refractivity contribution in [2.24, 2.45) is 4.99 Å². The van der Waals surface area contributed by atoms with Crippen LogP contribution in [0.2, 0.25) is 0 Å². The molecule has 1 aromatic rings. The molecule has 1 aliphatic rings. The minimum absolute atomic E-state index is 0.347. The Bertz CT molecular complexity index is 523. The molecule has 0 saturated heterocycles. The van der Waals surface area contributed by atoms with E-state index in [2.05, 4.69) is 10.3 Å². The molecule has 0 bridgehead atoms. The number of carboxylic acids is 1. The van der Waals surface area contributed by atoms with Crippen LogP contribution in [0.3, 0.4) is 0 Å². The van der Waals surface area contributed by atoms with E-state index in [9.17, 15) is 9.59 Å². The van der Waals surface area contributed by atoms with E-state index in [0.29, 0.717) is 24.1 Å². The Hall–Kier alpha value is -2.17. The Labute approximate surface area is 105 Å². The van der Waals surface area contributed by atoms with Crippen molar-refractivity contribution in [3.8, 4) is 0 Å². The van der Waals surface area contributed by atoms with Gasteiger partial charge < -0.3 is 10.4 Å². The molecule has 18 heavy (non-hydrogen) atoms. The number of rotatable bonds is 4. The molecule has 1 aromatic carbocycles. The summed E-state index contributed by atoms with van der Waals surface area (Å²) in [6.45, 7) is 1.71. The first-order chi connectivity index (χ1) is 8.63. The van der Waals surface area contributed by atoms with Gasteiger partial charge in [0, 0.05) is 12.6 Å². The number of nitrogens with one attached hydrogen (secondary N) is 1. The number of para-hydroxylation sites is 1. The summed E-state index contributed by atoms with van der Waals surface area (Å²) in [5, 5.41) is 11.4. The van der Waals surface area contributed by atoms with Crippen LogP contribution in [-0.4, -0.2) is 29.2 Å². The second-order valence-corrected chi connectivity index (χ2v) is 4.10. The predicted octanol–water partition coefficient (Wildman–Crippen LogP) is 1.54. The smallest absolute Gasteiger partial charge is 0.326 e. The number of aliphatic imine (C=N–C) groups is 1. The van der Waals surface area contributed by atoms with E-state index in [1.807, 2.05) is 6.07 Å². The number of aliphatic carboxylic acids is 1. The molecule has 1 atom stereocenters. The highest BCUT2D eigenvalue weighted by molar-refractivity contribution is 6.02. The monoisotopic (exact) mass is 246 g/mol. The van der Waals surface area contributed by atoms with Crippen LogP contribution in [0.25, 0.3) is 0 Å². The predicted molar refractivity (Wildman–Crippen MR) is 67.5 cm³/mol. The standard InChI is InChI=1S/C13H14N2O3/c1-2-10(13(17)18)15-12(16)9-5-3-4-8-6-7-14-11(8)9/h3-5,7,10H,2,6H2,1H3,(H,15,16)(H,17,18)/t10-/m0/s1. The molecule has 94 valence electrons. The zero-order valence-corrected chi connectivity index (χ0v) is 10.0. The van der Waals surface area contributed by atoms with Crippen LogP contribution in [0, 0.1) is 0 Å². The molecule has 2 N–H and O–H groups in total. The van der Waals surface area contributed by atoms with E-state index in [-0.39, 0.29) is 5.91 Å². The maximum absolute atomic E-state index is 12.0. The van der Waals surface area contributed by atoms with E-state index >= 15 is 0 Å². The molecule has 0 unspecified atom stereocenters. The number of amides is 1. The van der Waals surface area contributed by atoms with E-state index in [1.54, 1.807) is 25.3 Å². The Morgan fingerprint density at radius 3 is 2.94 bits per heavy atom. The molecule has 0 aromatic heterocycles. The molecule has 1 amide bonds. The lowest BCUT2D eigenvalue weighted by Crippen LogP contribution is -2.40. The van der Waals surface area contributed by atoms with E-state index in [1.165, 1.54) is 0 Å². The number of benzene rings is 1. The van der Waals surface area contributed by atoms with Crippen molar-refractivity contribution in [2.75, 3.05) is 0 Å². The van der Waals surface area contributed by atoms with Crippen molar-refractivity contribution in [3.05, 3.63) is 29.3 Å². The van der Waals surface area contributed by atoms with Gasteiger partial charge >= 0.3 is 5.97 Å². The molecule has 0 saturated carbocycles. The fraction of sp³-hybridized carbons (Fsp3) is 0.308. The molecule has 5 heteroatoms. The first kappa shape index (κ1) is 12.3. The van der Waals surface area contributed by atoms with Crippen molar-refractivity contribution in [3.63, 3.8) is 0 Å². The molecule has 5 nitrogen and oxygen atoms in total. The molecule has 0 spiro atoms. The Balaban J connectivity index is 2.22. The molecule has 2 rings (SSSR count). The number of hydrogen-bond acceptors (Lipinski definition) is 3. The van der Waals surface area contributed by atoms with Crippen molar-refractivity contribution in [1.29, 1.82) is 0 Å². The maximum atomic E-state index is 12.0. The lowest BCUT2D eigenvalue weighted by Gasteiger charge is -2.13. The normalized spacial score (nSPS) is 14.1. The Kier molecular flexibility index (Phi) is 3.41. The number of carboxylic acid groups (broad SMARTS) is 1. The minimum atomic E-state index is -1.03. The van der Waals surface area contributed by atoms with Gasteiger partial charge in [-0.3, -0.25) is 9.79 Å². The second kappa shape index (κ2) is 5.00. The Morgan fingerprint density at radius 1 is 1.50 bits per heavy atom. The number of nitrogens with zero attached hydrogens (tertiary/aromatic N) is 1. The van der Waals surface area contributed by atoms with Gasteiger partial charge in [-0.1, -0.05) is 19.1 Å². The third-order valence-corrected chi connectivity index (χ3v) is 2.91. The minimum Gasteiger partial charge on any atom is -0.480 e. The van der Waals surface area contributed by atoms with Gasteiger partial charge in [-0.25, -0.2) is 4.79 Å². The number of fused-ring (bicyclic) bond motifs is 1. The van der Waals surface area contributed by atoms with Gasteiger partial charge in [0.25, 0.3) is 5.91 Å². The van der Waals surface area contributed by atoms with Gasteiger partial charge in [0.2, 0.25) is 0 Å². The summed E-state index contributed by atoms with van der Waals surface area (Å²) in [4.78, 5) is 27.1. The third kappa shape index (κ3) is 2.25. The van der Waals surface area contributed by atoms with Crippen LogP contribution >= 0.6 is 0 Å². The van der Waals surface area contributed by atoms with E-state index < -0.39 is 12.0 Å². The summed E-state index contributed by atoms with van der Waals surface area (Å²) in [6.07, 6.45) is 2.81. The summed E-state index contributed by atoms with van der Waals surface area (Å²) in [5.74, 6) is -1.41. The van der Waals surface area contributed by atoms with Crippen LogP contribution < -0.4 is 5.32 Å². The average Bonchev–Trinajstić information content (AvgIpc) is 2.82. The number of carbonyl (C=O) groups excluding carboxylic acids is 1. The highest BCUT2D eigenvalue weighted by atomic mass is 16.4. The van der Waals surface area contributed by atoms with Gasteiger partial charge in [-0.05, 0) is 18.1 Å². The lowest BCUT2D eigenvalue weighted by atomic mass is 10.1. The zero-order chi connectivity index (χ0) is 13.1. The van der Waals surface area contributed by atoms with Crippen LogP contribution in [0.1, 0.15) is 29.3 Å². The van der Waals surface area contributed by atoms with Gasteiger partial charge in [-0.2, -0.15) is 0 Å². The first-order valence-electron chi connectivity index (χ1n) is 5.81. The lowest BCUT2D eigenvalue weighted by molar-refractivity contribution is -0.139. The largest absolute Gasteiger partial charge is 0.480 e. The molecular weight excluding hydrogens is 232 g/mol. The topological polar surface area (TPSA) is 78.8 Å². The van der Waals surface area contributed by atoms with Gasteiger partial charge in [0.05, 0.1) is 11.3 Å². The van der Waals surface area contributed by atoms with Gasteiger partial charge in [-0.15, -0.1) is 0 Å². The number of carbonyl (C=O) groups is 2. The summed E-state index contributed by atoms with van der Waals surface area (Å²) in [5.41, 5.74) is 2.07. The zero-order valence-electron chi connectivity index (χ0n) is 10.0. The molecule has 0 radical (unpaired) electrons. The highest BCUT2D eigenvalue weighted by Gasteiger charge is 2.22. The van der Waals surface area contributed by atoms with Crippen LogP contribution in [0.5, 0.6) is 0 Å². The molecule has 1 heterocycles. The van der Waals surface area contributed by atoms with Gasteiger partial charge in [0.15, 0.2) is 0 Å². The van der Waals surface area contributed by atoms with Crippen molar-refractivity contribution >= 4 is 23.8 Å². The third-order valence-electron chi connectivity index (χ3n) is 2.91. The first-order valence-corrected chi connectivity index (χ1v) is 5.81. The van der Waals surface area contributed by atoms with Crippen LogP contribution in [0.4, 0.5) is 5.69 Å². The maximum Gasteiger partial charge on any atom is 0.326 e.